The number of benzene rings is 1. The van der Waals surface area contributed by atoms with E-state index in [9.17, 15) is 9.59 Å². The van der Waals surface area contributed by atoms with Gasteiger partial charge in [0.2, 0.25) is 5.91 Å². The molecule has 1 fully saturated rings. The van der Waals surface area contributed by atoms with Crippen molar-refractivity contribution < 1.29 is 14.3 Å². The third-order valence-electron chi connectivity index (χ3n) is 3.01. The van der Waals surface area contributed by atoms with Crippen molar-refractivity contribution in [1.82, 2.24) is 16.0 Å². The Morgan fingerprint density at radius 1 is 1.25 bits per heavy atom. The minimum Gasteiger partial charge on any atom is -0.444 e. The monoisotopic (exact) mass is 277 g/mol. The van der Waals surface area contributed by atoms with Crippen LogP contribution in [0, 0.1) is 0 Å². The van der Waals surface area contributed by atoms with Gasteiger partial charge in [0.15, 0.2) is 0 Å². The fraction of sp³-hybridized carbons (Fsp3) is 0.429. The number of carbonyl (C=O) groups excluding carboxylic acids is 2. The van der Waals surface area contributed by atoms with Crippen LogP contribution in [-0.4, -0.2) is 37.7 Å². The molecule has 1 aliphatic heterocycles. The number of hydrogen-bond acceptors (Lipinski definition) is 5. The average molecular weight is 277 g/mol. The lowest BCUT2D eigenvalue weighted by atomic mass is 10.1. The number of imide groups is 1. The maximum absolute atomic E-state index is 11.7. The summed E-state index contributed by atoms with van der Waals surface area (Å²) >= 11 is 0. The largest absolute Gasteiger partial charge is 0.444 e. The first kappa shape index (κ1) is 14.5. The second-order valence-electron chi connectivity index (χ2n) is 4.67. The molecule has 0 bridgehead atoms. The maximum Gasteiger partial charge on any atom is 0.414 e. The standard InChI is InChI=1S/C14H19N3O3/c18-13(8-12-9-15-6-7-16-12)17-14(19)20-10-11-4-2-1-3-5-11/h1-5,12,15-16H,6-10H2,(H,17,18,19). The summed E-state index contributed by atoms with van der Waals surface area (Å²) in [5.74, 6) is -0.329. The Labute approximate surface area is 117 Å². The first-order valence-corrected chi connectivity index (χ1v) is 6.68. The summed E-state index contributed by atoms with van der Waals surface area (Å²) in [6.07, 6.45) is -0.449. The minimum atomic E-state index is -0.706. The normalized spacial score (nSPS) is 18.3. The van der Waals surface area contributed by atoms with Crippen LogP contribution in [0.5, 0.6) is 0 Å². The zero-order valence-corrected chi connectivity index (χ0v) is 11.2. The molecule has 0 radical (unpaired) electrons. The molecule has 2 rings (SSSR count). The molecular weight excluding hydrogens is 258 g/mol. The topological polar surface area (TPSA) is 79.5 Å². The Kier molecular flexibility index (Phi) is 5.52. The van der Waals surface area contributed by atoms with Gasteiger partial charge in [0.05, 0.1) is 0 Å². The van der Waals surface area contributed by atoms with Crippen molar-refractivity contribution in [2.45, 2.75) is 19.1 Å². The predicted octanol–water partition coefficient (Wildman–Crippen LogP) is 0.391. The molecule has 108 valence electrons. The fourth-order valence-corrected chi connectivity index (χ4v) is 2.01. The fourth-order valence-electron chi connectivity index (χ4n) is 2.01. The number of rotatable bonds is 4. The molecule has 1 aromatic carbocycles. The van der Waals surface area contributed by atoms with E-state index in [1.54, 1.807) is 0 Å². The molecule has 0 saturated carbocycles. The minimum absolute atomic E-state index is 0.0608. The zero-order valence-electron chi connectivity index (χ0n) is 11.2. The van der Waals surface area contributed by atoms with Gasteiger partial charge in [-0.05, 0) is 5.56 Å². The van der Waals surface area contributed by atoms with Crippen LogP contribution >= 0.6 is 0 Å². The molecule has 3 N–H and O–H groups in total. The number of hydrogen-bond donors (Lipinski definition) is 3. The Morgan fingerprint density at radius 2 is 2.05 bits per heavy atom. The quantitative estimate of drug-likeness (QED) is 0.742. The van der Waals surface area contributed by atoms with Gasteiger partial charge in [0, 0.05) is 32.1 Å². The van der Waals surface area contributed by atoms with E-state index in [1.165, 1.54) is 0 Å². The number of nitrogens with one attached hydrogen (secondary N) is 3. The van der Waals surface area contributed by atoms with Crippen LogP contribution in [0.3, 0.4) is 0 Å². The first-order valence-electron chi connectivity index (χ1n) is 6.68. The van der Waals surface area contributed by atoms with E-state index in [2.05, 4.69) is 16.0 Å². The highest BCUT2D eigenvalue weighted by Gasteiger charge is 2.17. The van der Waals surface area contributed by atoms with Gasteiger partial charge in [-0.3, -0.25) is 10.1 Å². The molecule has 2 amide bonds. The van der Waals surface area contributed by atoms with Gasteiger partial charge in [-0.2, -0.15) is 0 Å². The molecule has 0 aliphatic carbocycles. The van der Waals surface area contributed by atoms with E-state index >= 15 is 0 Å². The first-order chi connectivity index (χ1) is 9.74. The second-order valence-corrected chi connectivity index (χ2v) is 4.67. The summed E-state index contributed by atoms with van der Waals surface area (Å²) in [4.78, 5) is 23.1. The highest BCUT2D eigenvalue weighted by Crippen LogP contribution is 2.01. The van der Waals surface area contributed by atoms with Crippen LogP contribution in [0.25, 0.3) is 0 Å². The van der Waals surface area contributed by atoms with Crippen LogP contribution < -0.4 is 16.0 Å². The smallest absolute Gasteiger partial charge is 0.414 e. The number of piperazine rings is 1. The predicted molar refractivity (Wildman–Crippen MR) is 74.0 cm³/mol. The van der Waals surface area contributed by atoms with Crippen molar-refractivity contribution in [1.29, 1.82) is 0 Å². The third-order valence-corrected chi connectivity index (χ3v) is 3.01. The molecule has 1 unspecified atom stereocenters. The number of amides is 2. The van der Waals surface area contributed by atoms with Crippen molar-refractivity contribution in [3.8, 4) is 0 Å². The second kappa shape index (κ2) is 7.62. The molecule has 1 atom stereocenters. The number of carbonyl (C=O) groups is 2. The van der Waals surface area contributed by atoms with Crippen molar-refractivity contribution >= 4 is 12.0 Å². The van der Waals surface area contributed by atoms with Crippen LogP contribution in [0.2, 0.25) is 0 Å². The summed E-state index contributed by atoms with van der Waals surface area (Å²) in [6, 6.07) is 9.38. The van der Waals surface area contributed by atoms with E-state index in [0.717, 1.165) is 25.2 Å². The zero-order chi connectivity index (χ0) is 14.2. The van der Waals surface area contributed by atoms with Gasteiger partial charge >= 0.3 is 6.09 Å². The van der Waals surface area contributed by atoms with Crippen molar-refractivity contribution in [3.05, 3.63) is 35.9 Å². The Morgan fingerprint density at radius 3 is 2.75 bits per heavy atom. The molecular formula is C14H19N3O3. The molecule has 1 saturated heterocycles. The van der Waals surface area contributed by atoms with E-state index in [1.807, 2.05) is 30.3 Å². The SMILES string of the molecule is O=C(CC1CNCCN1)NC(=O)OCc1ccccc1. The lowest BCUT2D eigenvalue weighted by molar-refractivity contribution is -0.121. The highest BCUT2D eigenvalue weighted by atomic mass is 16.5. The molecule has 0 spiro atoms. The van der Waals surface area contributed by atoms with Crippen LogP contribution in [0.15, 0.2) is 30.3 Å². The van der Waals surface area contributed by atoms with Gasteiger partial charge in [0.25, 0.3) is 0 Å². The summed E-state index contributed by atoms with van der Waals surface area (Å²) in [7, 11) is 0. The van der Waals surface area contributed by atoms with Crippen molar-refractivity contribution in [3.63, 3.8) is 0 Å². The maximum atomic E-state index is 11.7. The van der Waals surface area contributed by atoms with Crippen molar-refractivity contribution in [2.24, 2.45) is 0 Å². The summed E-state index contributed by atoms with van der Waals surface area (Å²) in [6.45, 7) is 2.61. The molecule has 6 nitrogen and oxygen atoms in total. The van der Waals surface area contributed by atoms with E-state index in [-0.39, 0.29) is 25.0 Å². The Hall–Kier alpha value is -1.92. The van der Waals surface area contributed by atoms with Crippen LogP contribution in [-0.2, 0) is 16.1 Å². The third kappa shape index (κ3) is 4.99. The lowest BCUT2D eigenvalue weighted by Crippen LogP contribution is -2.50. The molecule has 6 heteroatoms. The highest BCUT2D eigenvalue weighted by molar-refractivity contribution is 5.92. The summed E-state index contributed by atoms with van der Waals surface area (Å²) in [5.41, 5.74) is 0.883. The lowest BCUT2D eigenvalue weighted by Gasteiger charge is -2.23. The number of ether oxygens (including phenoxy) is 1. The molecule has 1 aromatic rings. The van der Waals surface area contributed by atoms with Crippen molar-refractivity contribution in [2.75, 3.05) is 19.6 Å². The summed E-state index contributed by atoms with van der Waals surface area (Å²) in [5, 5.41) is 8.62. The average Bonchev–Trinajstić information content (AvgIpc) is 2.47. The van der Waals surface area contributed by atoms with E-state index in [0.29, 0.717) is 0 Å². The number of alkyl carbamates (subject to hydrolysis) is 1. The Bertz CT molecular complexity index is 444. The van der Waals surface area contributed by atoms with E-state index in [4.69, 9.17) is 4.74 Å². The summed E-state index contributed by atoms with van der Waals surface area (Å²) < 4.78 is 4.98. The van der Waals surface area contributed by atoms with Gasteiger partial charge in [0.1, 0.15) is 6.61 Å². The molecule has 20 heavy (non-hydrogen) atoms. The van der Waals surface area contributed by atoms with Crippen LogP contribution in [0.1, 0.15) is 12.0 Å². The van der Waals surface area contributed by atoms with Gasteiger partial charge in [-0.1, -0.05) is 30.3 Å². The molecule has 1 heterocycles. The van der Waals surface area contributed by atoms with Gasteiger partial charge < -0.3 is 15.4 Å². The van der Waals surface area contributed by atoms with Gasteiger partial charge in [-0.25, -0.2) is 4.79 Å². The molecule has 1 aliphatic rings. The Balaban J connectivity index is 1.67. The van der Waals surface area contributed by atoms with E-state index < -0.39 is 6.09 Å². The molecule has 0 aromatic heterocycles. The van der Waals surface area contributed by atoms with Gasteiger partial charge in [-0.15, -0.1) is 0 Å². The van der Waals surface area contributed by atoms with Crippen LogP contribution in [0.4, 0.5) is 4.79 Å².